The fourth-order valence-corrected chi connectivity index (χ4v) is 2.90. The third kappa shape index (κ3) is 5.79. The van der Waals surface area contributed by atoms with Crippen molar-refractivity contribution in [3.05, 3.63) is 53.1 Å². The van der Waals surface area contributed by atoms with Crippen LogP contribution < -0.4 is 19.5 Å². The molecule has 0 heterocycles. The molecule has 0 aliphatic heterocycles. The Labute approximate surface area is 167 Å². The third-order valence-electron chi connectivity index (χ3n) is 4.48. The minimum Gasteiger partial charge on any atom is -0.493 e. The molecule has 29 heavy (non-hydrogen) atoms. The summed E-state index contributed by atoms with van der Waals surface area (Å²) in [6.45, 7) is 1.72. The van der Waals surface area contributed by atoms with Crippen molar-refractivity contribution in [2.45, 2.75) is 32.0 Å². The van der Waals surface area contributed by atoms with E-state index in [-0.39, 0.29) is 12.3 Å². The first kappa shape index (κ1) is 22.4. The van der Waals surface area contributed by atoms with E-state index in [0.29, 0.717) is 29.2 Å². The summed E-state index contributed by atoms with van der Waals surface area (Å²) in [5, 5.41) is 2.80. The van der Waals surface area contributed by atoms with Crippen LogP contribution in [0.2, 0.25) is 0 Å². The number of carbonyl (C=O) groups is 1. The number of nitrogens with one attached hydrogen (secondary N) is 1. The first-order valence-electron chi connectivity index (χ1n) is 8.95. The van der Waals surface area contributed by atoms with Gasteiger partial charge in [-0.2, -0.15) is 13.2 Å². The van der Waals surface area contributed by atoms with Gasteiger partial charge in [0.25, 0.3) is 0 Å². The minimum atomic E-state index is -4.38. The van der Waals surface area contributed by atoms with Crippen LogP contribution in [0.4, 0.5) is 13.2 Å². The molecule has 1 atom stereocenters. The molecular formula is C21H24F3NO4. The molecule has 0 aromatic heterocycles. The van der Waals surface area contributed by atoms with Gasteiger partial charge in [-0.05, 0) is 48.7 Å². The molecule has 2 rings (SSSR count). The monoisotopic (exact) mass is 411 g/mol. The van der Waals surface area contributed by atoms with E-state index in [4.69, 9.17) is 14.2 Å². The maximum atomic E-state index is 12.7. The Kier molecular flexibility index (Phi) is 7.36. The molecule has 1 amide bonds. The van der Waals surface area contributed by atoms with Crippen LogP contribution in [0.15, 0.2) is 36.4 Å². The van der Waals surface area contributed by atoms with Gasteiger partial charge in [-0.15, -0.1) is 0 Å². The average Bonchev–Trinajstić information content (AvgIpc) is 2.70. The van der Waals surface area contributed by atoms with Gasteiger partial charge < -0.3 is 19.5 Å². The predicted octanol–water partition coefficient (Wildman–Crippen LogP) is 4.54. The number of alkyl halides is 3. The number of benzene rings is 2. The second-order valence-electron chi connectivity index (χ2n) is 6.44. The number of halogens is 3. The van der Waals surface area contributed by atoms with Crippen LogP contribution in [0, 0.1) is 0 Å². The van der Waals surface area contributed by atoms with Gasteiger partial charge in [0.1, 0.15) is 0 Å². The average molecular weight is 411 g/mol. The normalized spacial score (nSPS) is 12.2. The number of aryl methyl sites for hydroxylation is 1. The van der Waals surface area contributed by atoms with Crippen molar-refractivity contribution in [3.63, 3.8) is 0 Å². The van der Waals surface area contributed by atoms with E-state index >= 15 is 0 Å². The second kappa shape index (κ2) is 9.54. The Bertz CT molecular complexity index is 810. The highest BCUT2D eigenvalue weighted by Crippen LogP contribution is 2.38. The summed E-state index contributed by atoms with van der Waals surface area (Å²) in [5.41, 5.74) is 0.707. The molecule has 0 aliphatic rings. The molecule has 1 N–H and O–H groups in total. The van der Waals surface area contributed by atoms with Crippen LogP contribution in [0.5, 0.6) is 17.2 Å². The van der Waals surface area contributed by atoms with Gasteiger partial charge in [0.05, 0.1) is 32.9 Å². The molecular weight excluding hydrogens is 387 g/mol. The minimum absolute atomic E-state index is 0.198. The maximum Gasteiger partial charge on any atom is 0.416 e. The number of methoxy groups -OCH3 is 3. The Morgan fingerprint density at radius 1 is 1.00 bits per heavy atom. The number of ether oxygens (including phenoxy) is 3. The van der Waals surface area contributed by atoms with Gasteiger partial charge in [0, 0.05) is 6.42 Å². The highest BCUT2D eigenvalue weighted by atomic mass is 19.4. The zero-order valence-electron chi connectivity index (χ0n) is 16.7. The van der Waals surface area contributed by atoms with Gasteiger partial charge in [-0.25, -0.2) is 0 Å². The zero-order valence-corrected chi connectivity index (χ0v) is 16.7. The summed E-state index contributed by atoms with van der Waals surface area (Å²) in [5.74, 6) is 1.26. The Balaban J connectivity index is 1.99. The van der Waals surface area contributed by atoms with Crippen molar-refractivity contribution in [1.82, 2.24) is 5.32 Å². The Morgan fingerprint density at radius 3 is 2.00 bits per heavy atom. The number of hydrogen-bond donors (Lipinski definition) is 1. The van der Waals surface area contributed by atoms with Crippen LogP contribution in [0.3, 0.4) is 0 Å². The number of carbonyl (C=O) groups excluding carboxylic acids is 1. The third-order valence-corrected chi connectivity index (χ3v) is 4.48. The fraction of sp³-hybridized carbons (Fsp3) is 0.381. The first-order chi connectivity index (χ1) is 13.7. The Morgan fingerprint density at radius 2 is 1.55 bits per heavy atom. The lowest BCUT2D eigenvalue weighted by Crippen LogP contribution is -2.26. The Hall–Kier alpha value is -2.90. The van der Waals surface area contributed by atoms with Crippen molar-refractivity contribution < 1.29 is 32.2 Å². The van der Waals surface area contributed by atoms with E-state index in [1.54, 1.807) is 19.1 Å². The summed E-state index contributed by atoms with van der Waals surface area (Å²) >= 11 is 0. The quantitative estimate of drug-likeness (QED) is 0.693. The molecule has 0 fully saturated rings. The smallest absolute Gasteiger partial charge is 0.416 e. The molecule has 0 spiro atoms. The molecule has 0 saturated heterocycles. The van der Waals surface area contributed by atoms with E-state index in [1.165, 1.54) is 33.5 Å². The fourth-order valence-electron chi connectivity index (χ4n) is 2.90. The SMILES string of the molecule is COc1cc(CCC(=O)NC(C)c2ccc(C(F)(F)F)cc2)cc(OC)c1OC. The van der Waals surface area contributed by atoms with Gasteiger partial charge in [-0.1, -0.05) is 12.1 Å². The summed E-state index contributed by atoms with van der Waals surface area (Å²) in [4.78, 5) is 12.3. The van der Waals surface area contributed by atoms with Gasteiger partial charge in [0.2, 0.25) is 11.7 Å². The molecule has 5 nitrogen and oxygen atoms in total. The van der Waals surface area contributed by atoms with Crippen molar-refractivity contribution in [3.8, 4) is 17.2 Å². The van der Waals surface area contributed by atoms with Crippen LogP contribution in [-0.2, 0) is 17.4 Å². The van der Waals surface area contributed by atoms with Crippen molar-refractivity contribution in [2.75, 3.05) is 21.3 Å². The van der Waals surface area contributed by atoms with E-state index in [0.717, 1.165) is 17.7 Å². The van der Waals surface area contributed by atoms with Crippen LogP contribution >= 0.6 is 0 Å². The topological polar surface area (TPSA) is 56.8 Å². The maximum absolute atomic E-state index is 12.7. The van der Waals surface area contributed by atoms with E-state index in [9.17, 15) is 18.0 Å². The molecule has 1 unspecified atom stereocenters. The van der Waals surface area contributed by atoms with Crippen LogP contribution in [0.1, 0.15) is 36.1 Å². The number of hydrogen-bond acceptors (Lipinski definition) is 4. The molecule has 0 saturated carbocycles. The molecule has 158 valence electrons. The summed E-state index contributed by atoms with van der Waals surface area (Å²) < 4.78 is 53.8. The second-order valence-corrected chi connectivity index (χ2v) is 6.44. The van der Waals surface area contributed by atoms with Gasteiger partial charge in [0.15, 0.2) is 11.5 Å². The lowest BCUT2D eigenvalue weighted by Gasteiger charge is -2.16. The standard InChI is InChI=1S/C21H24F3NO4/c1-13(15-6-8-16(9-7-15)21(22,23)24)25-19(26)10-5-14-11-17(27-2)20(29-4)18(12-14)28-3/h6-9,11-13H,5,10H2,1-4H3,(H,25,26). The molecule has 2 aromatic carbocycles. The predicted molar refractivity (Wildman–Crippen MR) is 102 cm³/mol. The summed E-state index contributed by atoms with van der Waals surface area (Å²) in [6.07, 6.45) is -3.75. The van der Waals surface area contributed by atoms with Crippen LogP contribution in [-0.4, -0.2) is 27.2 Å². The largest absolute Gasteiger partial charge is 0.493 e. The van der Waals surface area contributed by atoms with E-state index in [1.807, 2.05) is 0 Å². The highest BCUT2D eigenvalue weighted by Gasteiger charge is 2.30. The molecule has 0 bridgehead atoms. The van der Waals surface area contributed by atoms with Crippen LogP contribution in [0.25, 0.3) is 0 Å². The van der Waals surface area contributed by atoms with E-state index < -0.39 is 17.8 Å². The zero-order chi connectivity index (χ0) is 21.6. The van der Waals surface area contributed by atoms with Gasteiger partial charge in [-0.3, -0.25) is 4.79 Å². The molecule has 8 heteroatoms. The lowest BCUT2D eigenvalue weighted by atomic mass is 10.0. The first-order valence-corrected chi connectivity index (χ1v) is 8.95. The van der Waals surface area contributed by atoms with E-state index in [2.05, 4.69) is 5.32 Å². The van der Waals surface area contributed by atoms with Crippen molar-refractivity contribution >= 4 is 5.91 Å². The highest BCUT2D eigenvalue weighted by molar-refractivity contribution is 5.76. The van der Waals surface area contributed by atoms with Gasteiger partial charge >= 0.3 is 6.18 Å². The van der Waals surface area contributed by atoms with Crippen molar-refractivity contribution in [1.29, 1.82) is 0 Å². The molecule has 2 aromatic rings. The number of amides is 1. The van der Waals surface area contributed by atoms with Crippen molar-refractivity contribution in [2.24, 2.45) is 0 Å². The number of rotatable bonds is 8. The lowest BCUT2D eigenvalue weighted by molar-refractivity contribution is -0.137. The summed E-state index contributed by atoms with van der Waals surface area (Å²) in [6, 6.07) is 7.88. The molecule has 0 aliphatic carbocycles. The summed E-state index contributed by atoms with van der Waals surface area (Å²) in [7, 11) is 4.54. The molecule has 0 radical (unpaired) electrons.